The molecule has 0 radical (unpaired) electrons. The molecule has 4 aromatic carbocycles. The van der Waals surface area contributed by atoms with Crippen LogP contribution in [-0.2, 0) is 35.0 Å². The van der Waals surface area contributed by atoms with E-state index in [0.29, 0.717) is 0 Å². The summed E-state index contributed by atoms with van der Waals surface area (Å²) in [6, 6.07) is 25.3. The number of nitrogens with zero attached hydrogens (tertiary/aromatic N) is 2. The molecule has 2 aliphatic heterocycles. The molecule has 0 spiro atoms. The summed E-state index contributed by atoms with van der Waals surface area (Å²) < 4.78 is 4.85. The Kier molecular flexibility index (Phi) is 4.43. The van der Waals surface area contributed by atoms with E-state index in [1.165, 1.54) is 83.7 Å². The van der Waals surface area contributed by atoms with Crippen LogP contribution in [0.25, 0.3) is 11.1 Å². The summed E-state index contributed by atoms with van der Waals surface area (Å²) in [5.74, 6) is 1.27. The predicted octanol–water partition coefficient (Wildman–Crippen LogP) is 5.87. The second kappa shape index (κ2) is 7.63. The van der Waals surface area contributed by atoms with E-state index in [4.69, 9.17) is 11.5 Å². The largest absolute Gasteiger partial charge is 0.434 e. The van der Waals surface area contributed by atoms with E-state index in [0.717, 1.165) is 12.8 Å². The first kappa shape index (κ1) is 26.1. The molecule has 5 aliphatic rings. The zero-order valence-corrected chi connectivity index (χ0v) is 27.0. The molecule has 222 valence electrons. The molecule has 10 rings (SSSR count). The molecular formula is C41H40N4+2. The van der Waals surface area contributed by atoms with Gasteiger partial charge in [0.05, 0.1) is 28.3 Å². The Bertz CT molecular complexity index is 2080. The van der Waals surface area contributed by atoms with Gasteiger partial charge >= 0.3 is 5.82 Å². The third-order valence-corrected chi connectivity index (χ3v) is 11.7. The standard InChI is InChI=1S/C41H40N4/c1-38(2,3)28-12-7-10-22-20-24-14-16-26-27-17-15-25-21-23-11-8-13-29(39(4,5)6)34(23)41(43)36(25)31(27)32-30(26)35(24)40(42,33(22)28)44-18-9-19-45(41)37(32)44/h7-19,32H,20-21,42-43H2,1-6H3/q+2. The zero-order chi connectivity index (χ0) is 31.0. The molecule has 4 heteroatoms. The minimum atomic E-state index is -0.868. The van der Waals surface area contributed by atoms with Gasteiger partial charge in [-0.3, -0.25) is 11.5 Å². The van der Waals surface area contributed by atoms with Crippen LogP contribution in [0.1, 0.15) is 120 Å². The van der Waals surface area contributed by atoms with Gasteiger partial charge in [0.25, 0.3) is 11.3 Å². The maximum Gasteiger partial charge on any atom is 0.434 e. The van der Waals surface area contributed by atoms with Gasteiger partial charge in [-0.25, -0.2) is 0 Å². The molecule has 4 N–H and O–H groups in total. The number of benzene rings is 4. The van der Waals surface area contributed by atoms with E-state index < -0.39 is 11.3 Å². The van der Waals surface area contributed by atoms with E-state index in [1.54, 1.807) is 0 Å². The first-order valence-electron chi connectivity index (χ1n) is 16.5. The topological polar surface area (TPSA) is 59.8 Å². The van der Waals surface area contributed by atoms with Gasteiger partial charge in [-0.15, -0.1) is 9.13 Å². The molecule has 3 heterocycles. The average molecular weight is 589 g/mol. The third kappa shape index (κ3) is 2.76. The second-order valence-corrected chi connectivity index (χ2v) is 16.2. The van der Waals surface area contributed by atoms with Crippen LogP contribution in [0.2, 0.25) is 0 Å². The molecule has 5 aromatic rings. The molecule has 0 fully saturated rings. The summed E-state index contributed by atoms with van der Waals surface area (Å²) in [6.07, 6.45) is 6.26. The summed E-state index contributed by atoms with van der Waals surface area (Å²) in [5, 5.41) is 0. The lowest BCUT2D eigenvalue weighted by Crippen LogP contribution is -2.79. The Morgan fingerprint density at radius 2 is 0.978 bits per heavy atom. The quantitative estimate of drug-likeness (QED) is 0.218. The van der Waals surface area contributed by atoms with Crippen molar-refractivity contribution in [2.24, 2.45) is 11.5 Å². The SMILES string of the molecule is CC(C)(C)c1cccc2c1C1(N)c3c(ccc4c3C3c5c-4ccc4c5C(N)(c5c(cccc5C(C)(C)C)C4)[n+]4ccc[n+]1c43)C2. The Balaban J connectivity index is 1.42. The van der Waals surface area contributed by atoms with Gasteiger partial charge in [0.1, 0.15) is 0 Å². The van der Waals surface area contributed by atoms with Crippen LogP contribution in [0.4, 0.5) is 0 Å². The summed E-state index contributed by atoms with van der Waals surface area (Å²) >= 11 is 0. The van der Waals surface area contributed by atoms with Gasteiger partial charge in [-0.2, -0.15) is 0 Å². The highest BCUT2D eigenvalue weighted by atomic mass is 15.3. The van der Waals surface area contributed by atoms with Crippen LogP contribution >= 0.6 is 0 Å². The molecule has 2 atom stereocenters. The number of nitrogens with two attached hydrogens (primary N) is 2. The number of aromatic nitrogens is 2. The normalized spacial score (nSPS) is 23.8. The molecule has 0 saturated carbocycles. The predicted molar refractivity (Wildman–Crippen MR) is 176 cm³/mol. The Labute approximate surface area is 265 Å². The monoisotopic (exact) mass is 588 g/mol. The van der Waals surface area contributed by atoms with Crippen molar-refractivity contribution < 1.29 is 9.13 Å². The lowest BCUT2D eigenvalue weighted by Gasteiger charge is -2.44. The fourth-order valence-corrected chi connectivity index (χ4v) is 10.1. The van der Waals surface area contributed by atoms with Crippen molar-refractivity contribution in [1.82, 2.24) is 0 Å². The highest BCUT2D eigenvalue weighted by molar-refractivity contribution is 5.86. The first-order chi connectivity index (χ1) is 21.4. The Morgan fingerprint density at radius 3 is 1.40 bits per heavy atom. The molecule has 1 aromatic heterocycles. The van der Waals surface area contributed by atoms with Crippen LogP contribution in [0.5, 0.6) is 0 Å². The fraction of sp³-hybridized carbons (Fsp3) is 0.317. The fourth-order valence-electron chi connectivity index (χ4n) is 10.1. The summed E-state index contributed by atoms with van der Waals surface area (Å²) in [6.45, 7) is 13.9. The van der Waals surface area contributed by atoms with Crippen molar-refractivity contribution in [2.75, 3.05) is 0 Å². The maximum absolute atomic E-state index is 8.10. The van der Waals surface area contributed by atoms with Crippen molar-refractivity contribution in [3.63, 3.8) is 0 Å². The van der Waals surface area contributed by atoms with Crippen molar-refractivity contribution >= 4 is 0 Å². The number of rotatable bonds is 0. The van der Waals surface area contributed by atoms with Crippen molar-refractivity contribution in [2.45, 2.75) is 82.5 Å². The Morgan fingerprint density at radius 1 is 0.556 bits per heavy atom. The average Bonchev–Trinajstić information content (AvgIpc) is 3.33. The van der Waals surface area contributed by atoms with E-state index in [9.17, 15) is 0 Å². The van der Waals surface area contributed by atoms with Gasteiger partial charge in [-0.1, -0.05) is 102 Å². The van der Waals surface area contributed by atoms with Gasteiger partial charge in [-0.05, 0) is 79.3 Å². The van der Waals surface area contributed by atoms with Crippen LogP contribution < -0.4 is 20.6 Å². The Hall–Kier alpha value is -4.12. The molecule has 0 bridgehead atoms. The summed E-state index contributed by atoms with van der Waals surface area (Å²) in [4.78, 5) is 0. The molecular weight excluding hydrogens is 548 g/mol. The highest BCUT2D eigenvalue weighted by Gasteiger charge is 2.68. The number of hydrogen-bond donors (Lipinski definition) is 2. The van der Waals surface area contributed by atoms with Crippen molar-refractivity contribution in [3.8, 4) is 11.1 Å². The maximum atomic E-state index is 8.10. The van der Waals surface area contributed by atoms with Gasteiger partial charge < -0.3 is 0 Å². The number of hydrogen-bond acceptors (Lipinski definition) is 2. The molecule has 0 amide bonds. The molecule has 45 heavy (non-hydrogen) atoms. The van der Waals surface area contributed by atoms with Gasteiger partial charge in [0.15, 0.2) is 18.3 Å². The zero-order valence-electron chi connectivity index (χ0n) is 27.0. The lowest BCUT2D eigenvalue weighted by atomic mass is 9.64. The number of fused-ring (bicyclic) bond motifs is 7. The summed E-state index contributed by atoms with van der Waals surface area (Å²) in [5.41, 5.74) is 32.8. The molecule has 0 saturated heterocycles. The lowest BCUT2D eigenvalue weighted by molar-refractivity contribution is -0.881. The minimum Gasteiger partial charge on any atom is -0.262 e. The molecule has 4 nitrogen and oxygen atoms in total. The van der Waals surface area contributed by atoms with E-state index in [-0.39, 0.29) is 16.7 Å². The van der Waals surface area contributed by atoms with Crippen molar-refractivity contribution in [3.05, 3.63) is 152 Å². The summed E-state index contributed by atoms with van der Waals surface area (Å²) in [7, 11) is 0. The van der Waals surface area contributed by atoms with E-state index >= 15 is 0 Å². The molecule has 3 aliphatic carbocycles. The molecule has 2 unspecified atom stereocenters. The van der Waals surface area contributed by atoms with Gasteiger partial charge in [0, 0.05) is 0 Å². The van der Waals surface area contributed by atoms with Crippen LogP contribution in [-0.4, -0.2) is 0 Å². The van der Waals surface area contributed by atoms with Crippen LogP contribution in [0.15, 0.2) is 79.1 Å². The minimum absolute atomic E-state index is 0.0728. The van der Waals surface area contributed by atoms with Gasteiger partial charge in [0.2, 0.25) is 0 Å². The van der Waals surface area contributed by atoms with Crippen molar-refractivity contribution in [1.29, 1.82) is 0 Å². The van der Waals surface area contributed by atoms with E-state index in [2.05, 4.69) is 130 Å². The first-order valence-corrected chi connectivity index (χ1v) is 16.5. The van der Waals surface area contributed by atoms with Crippen LogP contribution in [0, 0.1) is 0 Å². The third-order valence-electron chi connectivity index (χ3n) is 11.7. The highest BCUT2D eigenvalue weighted by Crippen LogP contribution is 2.61. The van der Waals surface area contributed by atoms with Crippen LogP contribution in [0.3, 0.4) is 0 Å². The smallest absolute Gasteiger partial charge is 0.262 e. The van der Waals surface area contributed by atoms with E-state index in [1.807, 2.05) is 0 Å². The second-order valence-electron chi connectivity index (χ2n) is 16.2.